The zero-order valence-electron chi connectivity index (χ0n) is 9.22. The highest BCUT2D eigenvalue weighted by Gasteiger charge is 2.40. The molecule has 11 heavy (non-hydrogen) atoms. The van der Waals surface area contributed by atoms with Gasteiger partial charge in [0.1, 0.15) is 0 Å². The molecular formula is C9H16O2. The molecule has 0 aliphatic heterocycles. The number of carboxylic acid groups (broad SMARTS) is 1. The van der Waals surface area contributed by atoms with Crippen LogP contribution < -0.4 is 0 Å². The van der Waals surface area contributed by atoms with Crippen LogP contribution in [0.1, 0.15) is 36.3 Å². The highest BCUT2D eigenvalue weighted by Crippen LogP contribution is 2.45. The molecule has 1 saturated carbocycles. The van der Waals surface area contributed by atoms with Crippen LogP contribution in [0.25, 0.3) is 0 Å². The Morgan fingerprint density at radius 3 is 2.45 bits per heavy atom. The Hall–Kier alpha value is -0.530. The van der Waals surface area contributed by atoms with Crippen molar-refractivity contribution in [3.05, 3.63) is 0 Å². The third kappa shape index (κ3) is 1.73. The average molecular weight is 158 g/mol. The maximum absolute atomic E-state index is 10.6. The Kier molecular flexibility index (Phi) is 1.37. The van der Waals surface area contributed by atoms with Gasteiger partial charge in [0.15, 0.2) is 0 Å². The second kappa shape index (κ2) is 2.50. The molecule has 0 heterocycles. The van der Waals surface area contributed by atoms with Crippen LogP contribution in [0.5, 0.6) is 0 Å². The SMILES string of the molecule is [2H]C1([2H])C(C(=O)O)CC1C(C)(C)C. The van der Waals surface area contributed by atoms with Crippen LogP contribution in [0.3, 0.4) is 0 Å². The minimum atomic E-state index is -1.54. The topological polar surface area (TPSA) is 37.3 Å². The van der Waals surface area contributed by atoms with Gasteiger partial charge in [-0.2, -0.15) is 0 Å². The molecule has 0 aromatic rings. The summed E-state index contributed by atoms with van der Waals surface area (Å²) in [6, 6.07) is 0. The van der Waals surface area contributed by atoms with Gasteiger partial charge in [0.25, 0.3) is 0 Å². The van der Waals surface area contributed by atoms with Crippen molar-refractivity contribution in [3.63, 3.8) is 0 Å². The molecule has 2 atom stereocenters. The van der Waals surface area contributed by atoms with Gasteiger partial charge in [0, 0.05) is 2.74 Å². The number of carboxylic acids is 1. The predicted octanol–water partition coefficient (Wildman–Crippen LogP) is 2.14. The van der Waals surface area contributed by atoms with Gasteiger partial charge in [0.2, 0.25) is 0 Å². The van der Waals surface area contributed by atoms with E-state index in [1.165, 1.54) is 0 Å². The van der Waals surface area contributed by atoms with E-state index in [4.69, 9.17) is 7.85 Å². The van der Waals surface area contributed by atoms with Gasteiger partial charge >= 0.3 is 5.97 Å². The summed E-state index contributed by atoms with van der Waals surface area (Å²) in [5.41, 5.74) is -0.143. The Bertz CT molecular complexity index is 230. The molecule has 0 aromatic heterocycles. The molecule has 0 spiro atoms. The number of aliphatic carboxylic acids is 1. The molecule has 0 saturated heterocycles. The minimum absolute atomic E-state index is 0.138. The Balaban J connectivity index is 2.76. The maximum Gasteiger partial charge on any atom is 0.306 e. The summed E-state index contributed by atoms with van der Waals surface area (Å²) >= 11 is 0. The second-order valence-electron chi connectivity index (χ2n) is 4.21. The van der Waals surface area contributed by atoms with Crippen molar-refractivity contribution in [3.8, 4) is 0 Å². The van der Waals surface area contributed by atoms with Crippen LogP contribution in [0, 0.1) is 17.3 Å². The molecule has 64 valence electrons. The van der Waals surface area contributed by atoms with E-state index in [1.807, 2.05) is 20.8 Å². The van der Waals surface area contributed by atoms with Crippen LogP contribution in [-0.4, -0.2) is 11.1 Å². The quantitative estimate of drug-likeness (QED) is 0.634. The lowest BCUT2D eigenvalue weighted by atomic mass is 9.63. The highest BCUT2D eigenvalue weighted by molar-refractivity contribution is 5.71. The fourth-order valence-electron chi connectivity index (χ4n) is 1.23. The summed E-state index contributed by atoms with van der Waals surface area (Å²) in [5, 5.41) is 8.71. The monoisotopic (exact) mass is 158 g/mol. The largest absolute Gasteiger partial charge is 0.481 e. The lowest BCUT2D eigenvalue weighted by molar-refractivity contribution is -0.148. The van der Waals surface area contributed by atoms with Gasteiger partial charge in [-0.3, -0.25) is 4.79 Å². The van der Waals surface area contributed by atoms with Gasteiger partial charge in [-0.25, -0.2) is 0 Å². The molecule has 2 heteroatoms. The van der Waals surface area contributed by atoms with Crippen molar-refractivity contribution >= 4 is 5.97 Å². The van der Waals surface area contributed by atoms with Crippen molar-refractivity contribution in [2.45, 2.75) is 33.6 Å². The molecule has 1 N–H and O–H groups in total. The van der Waals surface area contributed by atoms with Crippen molar-refractivity contribution < 1.29 is 12.6 Å². The van der Waals surface area contributed by atoms with E-state index >= 15 is 0 Å². The summed E-state index contributed by atoms with van der Waals surface area (Å²) in [6.07, 6.45) is -1.07. The molecule has 0 amide bonds. The Morgan fingerprint density at radius 2 is 2.18 bits per heavy atom. The summed E-state index contributed by atoms with van der Waals surface area (Å²) in [6.45, 7) is 5.86. The number of carbonyl (C=O) groups is 1. The molecule has 0 bridgehead atoms. The minimum Gasteiger partial charge on any atom is -0.481 e. The first-order chi connectivity index (χ1) is 5.67. The second-order valence-corrected chi connectivity index (χ2v) is 4.21. The van der Waals surface area contributed by atoms with E-state index in [9.17, 15) is 4.79 Å². The summed E-state index contributed by atoms with van der Waals surface area (Å²) in [5.74, 6) is -1.96. The first-order valence-corrected chi connectivity index (χ1v) is 3.90. The smallest absolute Gasteiger partial charge is 0.306 e. The van der Waals surface area contributed by atoms with Crippen LogP contribution in [0.2, 0.25) is 0 Å². The number of hydrogen-bond donors (Lipinski definition) is 1. The van der Waals surface area contributed by atoms with Crippen molar-refractivity contribution in [1.82, 2.24) is 0 Å². The standard InChI is InChI=1S/C9H16O2/c1-9(2,3)7-4-6(5-7)8(10)11/h6-7H,4-5H2,1-3H3,(H,10,11)/i4D2. The molecule has 0 radical (unpaired) electrons. The van der Waals surface area contributed by atoms with E-state index < -0.39 is 18.3 Å². The molecule has 0 aromatic carbocycles. The molecule has 1 aliphatic rings. The van der Waals surface area contributed by atoms with Crippen LogP contribution in [0.15, 0.2) is 0 Å². The first kappa shape index (κ1) is 6.04. The Morgan fingerprint density at radius 1 is 1.64 bits per heavy atom. The van der Waals surface area contributed by atoms with Gasteiger partial charge < -0.3 is 5.11 Å². The molecule has 1 rings (SSSR count). The van der Waals surface area contributed by atoms with E-state index in [2.05, 4.69) is 0 Å². The normalized spacial score (nSPS) is 38.5. The van der Waals surface area contributed by atoms with Gasteiger partial charge in [-0.15, -0.1) is 0 Å². The van der Waals surface area contributed by atoms with Crippen molar-refractivity contribution in [1.29, 1.82) is 0 Å². The van der Waals surface area contributed by atoms with Crippen LogP contribution >= 0.6 is 0 Å². The summed E-state index contributed by atoms with van der Waals surface area (Å²) in [7, 11) is 0. The van der Waals surface area contributed by atoms with E-state index in [0.717, 1.165) is 0 Å². The van der Waals surface area contributed by atoms with Gasteiger partial charge in [-0.05, 0) is 24.1 Å². The van der Waals surface area contributed by atoms with Crippen molar-refractivity contribution in [2.24, 2.45) is 17.3 Å². The molecular weight excluding hydrogens is 140 g/mol. The van der Waals surface area contributed by atoms with Gasteiger partial charge in [-0.1, -0.05) is 20.8 Å². The molecule has 1 aliphatic carbocycles. The third-order valence-electron chi connectivity index (χ3n) is 2.22. The average Bonchev–Trinajstić information content (AvgIpc) is 1.80. The maximum atomic E-state index is 10.6. The lowest BCUT2D eigenvalue weighted by Gasteiger charge is -2.41. The van der Waals surface area contributed by atoms with Crippen LogP contribution in [-0.2, 0) is 4.79 Å². The molecule has 2 nitrogen and oxygen atoms in total. The zero-order valence-corrected chi connectivity index (χ0v) is 7.22. The lowest BCUT2D eigenvalue weighted by Crippen LogP contribution is -2.37. The fourth-order valence-corrected chi connectivity index (χ4v) is 1.23. The number of hydrogen-bond acceptors (Lipinski definition) is 1. The molecule has 2 unspecified atom stereocenters. The first-order valence-electron chi connectivity index (χ1n) is 4.90. The highest BCUT2D eigenvalue weighted by atomic mass is 16.4. The summed E-state index contributed by atoms with van der Waals surface area (Å²) < 4.78 is 15.3. The summed E-state index contributed by atoms with van der Waals surface area (Å²) in [4.78, 5) is 10.6. The third-order valence-corrected chi connectivity index (χ3v) is 2.22. The van der Waals surface area contributed by atoms with E-state index in [0.29, 0.717) is 6.42 Å². The van der Waals surface area contributed by atoms with Crippen LogP contribution in [0.4, 0.5) is 0 Å². The van der Waals surface area contributed by atoms with E-state index in [-0.39, 0.29) is 11.3 Å². The predicted molar refractivity (Wildman–Crippen MR) is 43.3 cm³/mol. The number of rotatable bonds is 1. The van der Waals surface area contributed by atoms with Crippen molar-refractivity contribution in [2.75, 3.05) is 0 Å². The molecule has 1 fully saturated rings. The zero-order chi connectivity index (χ0) is 10.4. The Labute approximate surface area is 70.4 Å². The fraction of sp³-hybridized carbons (Fsp3) is 0.889. The van der Waals surface area contributed by atoms with Gasteiger partial charge in [0.05, 0.1) is 5.92 Å². The van der Waals surface area contributed by atoms with E-state index in [1.54, 1.807) is 0 Å².